The first-order valence-corrected chi connectivity index (χ1v) is 9.12. The Balaban J connectivity index is 1.62. The van der Waals surface area contributed by atoms with Crippen molar-refractivity contribution in [1.29, 1.82) is 0 Å². The number of pyridine rings is 1. The molecule has 1 aliphatic rings. The Hall–Kier alpha value is -2.77. The highest BCUT2D eigenvalue weighted by atomic mass is 79.9. The quantitative estimate of drug-likeness (QED) is 0.607. The number of nitrogens with one attached hydrogen (secondary N) is 1. The first-order valence-electron chi connectivity index (χ1n) is 7.95. The van der Waals surface area contributed by atoms with Crippen LogP contribution in [0.4, 0.5) is 11.6 Å². The van der Waals surface area contributed by atoms with Gasteiger partial charge in [0.15, 0.2) is 11.5 Å². The number of amides is 1. The third kappa shape index (κ3) is 3.43. The Kier molecular flexibility index (Phi) is 4.63. The standard InChI is InChI=1S/C19H13BrClN3O3/c20-13-8-16-15(26-9-27-16)7-12(13)10-5-6-17(23-18(10)22)24-19(25)11-3-1-2-4-14(11)21/h1-8H,9H2,(H3,22,23,24,25). The maximum absolute atomic E-state index is 12.4. The number of aromatic nitrogens is 1. The summed E-state index contributed by atoms with van der Waals surface area (Å²) in [6.07, 6.45) is 0. The summed E-state index contributed by atoms with van der Waals surface area (Å²) in [5.41, 5.74) is 8.01. The van der Waals surface area contributed by atoms with E-state index in [0.717, 1.165) is 10.0 Å². The predicted octanol–water partition coefficient (Wildman–Crippen LogP) is 4.73. The highest BCUT2D eigenvalue weighted by molar-refractivity contribution is 9.10. The van der Waals surface area contributed by atoms with E-state index in [1.54, 1.807) is 36.4 Å². The number of carbonyl (C=O) groups excluding carboxylic acids is 1. The van der Waals surface area contributed by atoms with Crippen LogP contribution in [0, 0.1) is 0 Å². The first kappa shape index (κ1) is 17.6. The molecule has 0 atom stereocenters. The number of rotatable bonds is 3. The fraction of sp³-hybridized carbons (Fsp3) is 0.0526. The molecule has 3 N–H and O–H groups in total. The lowest BCUT2D eigenvalue weighted by molar-refractivity contribution is 0.102. The highest BCUT2D eigenvalue weighted by Gasteiger charge is 2.19. The molecule has 27 heavy (non-hydrogen) atoms. The van der Waals surface area contributed by atoms with E-state index in [-0.39, 0.29) is 18.5 Å². The SMILES string of the molecule is Nc1nc(NC(=O)c2ccccc2Cl)ccc1-c1cc2c(cc1Br)OCO2. The third-order valence-corrected chi connectivity index (χ3v) is 5.02. The minimum absolute atomic E-state index is 0.186. The van der Waals surface area contributed by atoms with Gasteiger partial charge >= 0.3 is 0 Å². The molecule has 0 spiro atoms. The van der Waals surface area contributed by atoms with Gasteiger partial charge in [0.1, 0.15) is 11.6 Å². The molecule has 0 radical (unpaired) electrons. The zero-order valence-corrected chi connectivity index (χ0v) is 16.2. The molecule has 8 heteroatoms. The Morgan fingerprint density at radius 3 is 2.59 bits per heavy atom. The largest absolute Gasteiger partial charge is 0.454 e. The number of anilines is 2. The topological polar surface area (TPSA) is 86.5 Å². The van der Waals surface area contributed by atoms with Crippen molar-refractivity contribution < 1.29 is 14.3 Å². The summed E-state index contributed by atoms with van der Waals surface area (Å²) in [5.74, 6) is 1.55. The van der Waals surface area contributed by atoms with Gasteiger partial charge in [-0.2, -0.15) is 0 Å². The van der Waals surface area contributed by atoms with Gasteiger partial charge in [-0.3, -0.25) is 4.79 Å². The number of benzene rings is 2. The summed E-state index contributed by atoms with van der Waals surface area (Å²) >= 11 is 9.57. The van der Waals surface area contributed by atoms with Crippen molar-refractivity contribution in [3.05, 3.63) is 63.6 Å². The molecule has 0 saturated carbocycles. The van der Waals surface area contributed by atoms with Gasteiger partial charge in [-0.25, -0.2) is 4.98 Å². The van der Waals surface area contributed by atoms with Crippen molar-refractivity contribution in [2.24, 2.45) is 0 Å². The third-order valence-electron chi connectivity index (χ3n) is 4.04. The minimum Gasteiger partial charge on any atom is -0.454 e. The van der Waals surface area contributed by atoms with E-state index in [4.69, 9.17) is 26.8 Å². The molecular weight excluding hydrogens is 434 g/mol. The number of nitrogens with zero attached hydrogens (tertiary/aromatic N) is 1. The molecule has 0 saturated heterocycles. The highest BCUT2D eigenvalue weighted by Crippen LogP contribution is 2.42. The van der Waals surface area contributed by atoms with Crippen LogP contribution in [0.5, 0.6) is 11.5 Å². The molecule has 136 valence electrons. The van der Waals surface area contributed by atoms with Crippen molar-refractivity contribution in [2.75, 3.05) is 17.8 Å². The zero-order chi connectivity index (χ0) is 19.0. The lowest BCUT2D eigenvalue weighted by Crippen LogP contribution is -2.14. The second-order valence-electron chi connectivity index (χ2n) is 5.75. The number of halogens is 2. The molecular formula is C19H13BrClN3O3. The molecule has 0 bridgehead atoms. The molecule has 3 aromatic rings. The molecule has 6 nitrogen and oxygen atoms in total. The lowest BCUT2D eigenvalue weighted by atomic mass is 10.1. The van der Waals surface area contributed by atoms with Gasteiger partial charge in [0.05, 0.1) is 10.6 Å². The van der Waals surface area contributed by atoms with E-state index in [0.29, 0.717) is 33.5 Å². The van der Waals surface area contributed by atoms with Crippen LogP contribution in [0.25, 0.3) is 11.1 Å². The summed E-state index contributed by atoms with van der Waals surface area (Å²) in [7, 11) is 0. The van der Waals surface area contributed by atoms with Gasteiger partial charge in [0.25, 0.3) is 5.91 Å². The monoisotopic (exact) mass is 445 g/mol. The average Bonchev–Trinajstić information content (AvgIpc) is 3.09. The molecule has 0 aliphatic carbocycles. The molecule has 2 aromatic carbocycles. The van der Waals surface area contributed by atoms with Gasteiger partial charge < -0.3 is 20.5 Å². The zero-order valence-electron chi connectivity index (χ0n) is 13.8. The van der Waals surface area contributed by atoms with E-state index in [1.165, 1.54) is 0 Å². The van der Waals surface area contributed by atoms with Gasteiger partial charge in [0, 0.05) is 15.6 Å². The number of hydrogen-bond acceptors (Lipinski definition) is 5. The second-order valence-corrected chi connectivity index (χ2v) is 7.01. The summed E-state index contributed by atoms with van der Waals surface area (Å²) < 4.78 is 11.6. The van der Waals surface area contributed by atoms with E-state index in [2.05, 4.69) is 26.2 Å². The molecule has 0 unspecified atom stereocenters. The van der Waals surface area contributed by atoms with Gasteiger partial charge in [-0.05, 0) is 36.4 Å². The van der Waals surface area contributed by atoms with Crippen LogP contribution in [-0.2, 0) is 0 Å². The van der Waals surface area contributed by atoms with E-state index in [9.17, 15) is 4.79 Å². The summed E-state index contributed by atoms with van der Waals surface area (Å²) in [4.78, 5) is 16.7. The maximum atomic E-state index is 12.4. The van der Waals surface area contributed by atoms with E-state index < -0.39 is 0 Å². The first-order chi connectivity index (χ1) is 13.0. The van der Waals surface area contributed by atoms with Crippen LogP contribution in [-0.4, -0.2) is 17.7 Å². The molecule has 4 rings (SSSR count). The van der Waals surface area contributed by atoms with E-state index >= 15 is 0 Å². The van der Waals surface area contributed by atoms with Gasteiger partial charge in [-0.1, -0.05) is 39.7 Å². The van der Waals surface area contributed by atoms with Crippen molar-refractivity contribution in [1.82, 2.24) is 4.98 Å². The Bertz CT molecular complexity index is 1060. The Morgan fingerprint density at radius 1 is 1.11 bits per heavy atom. The number of hydrogen-bond donors (Lipinski definition) is 2. The summed E-state index contributed by atoms with van der Waals surface area (Å²) in [6.45, 7) is 0.186. The maximum Gasteiger partial charge on any atom is 0.258 e. The van der Waals surface area contributed by atoms with Crippen molar-refractivity contribution in [2.45, 2.75) is 0 Å². The van der Waals surface area contributed by atoms with Crippen molar-refractivity contribution in [3.63, 3.8) is 0 Å². The molecule has 1 aromatic heterocycles. The predicted molar refractivity (Wildman–Crippen MR) is 107 cm³/mol. The summed E-state index contributed by atoms with van der Waals surface area (Å²) in [6, 6.07) is 13.9. The van der Waals surface area contributed by atoms with Crippen LogP contribution in [0.2, 0.25) is 5.02 Å². The molecule has 1 aliphatic heterocycles. The van der Waals surface area contributed by atoms with E-state index in [1.807, 2.05) is 12.1 Å². The van der Waals surface area contributed by atoms with Crippen LogP contribution in [0.15, 0.2) is 53.0 Å². The number of carbonyl (C=O) groups is 1. The normalized spacial score (nSPS) is 12.1. The second kappa shape index (κ2) is 7.09. The summed E-state index contributed by atoms with van der Waals surface area (Å²) in [5, 5.41) is 3.07. The molecule has 2 heterocycles. The van der Waals surface area contributed by atoms with Gasteiger partial charge in [-0.15, -0.1) is 0 Å². The van der Waals surface area contributed by atoms with Gasteiger partial charge in [0.2, 0.25) is 6.79 Å². The van der Waals surface area contributed by atoms with Crippen molar-refractivity contribution in [3.8, 4) is 22.6 Å². The fourth-order valence-electron chi connectivity index (χ4n) is 2.72. The number of nitrogens with two attached hydrogens (primary N) is 1. The molecule has 0 fully saturated rings. The van der Waals surface area contributed by atoms with Crippen molar-refractivity contribution >= 4 is 45.1 Å². The number of ether oxygens (including phenoxy) is 2. The van der Waals surface area contributed by atoms with Crippen LogP contribution < -0.4 is 20.5 Å². The number of nitrogen functional groups attached to an aromatic ring is 1. The smallest absolute Gasteiger partial charge is 0.258 e. The van der Waals surface area contributed by atoms with Crippen LogP contribution >= 0.6 is 27.5 Å². The number of fused-ring (bicyclic) bond motifs is 1. The lowest BCUT2D eigenvalue weighted by Gasteiger charge is -2.11. The van der Waals surface area contributed by atoms with Crippen LogP contribution in [0.1, 0.15) is 10.4 Å². The average molecular weight is 447 g/mol. The Morgan fingerprint density at radius 2 is 1.85 bits per heavy atom. The fourth-order valence-corrected chi connectivity index (χ4v) is 3.48. The molecule has 1 amide bonds. The van der Waals surface area contributed by atoms with Crippen LogP contribution in [0.3, 0.4) is 0 Å². The minimum atomic E-state index is -0.357. The Labute approximate surface area is 168 Å².